The van der Waals surface area contributed by atoms with Gasteiger partial charge in [-0.3, -0.25) is 4.99 Å². The summed E-state index contributed by atoms with van der Waals surface area (Å²) in [5, 5.41) is 0. The number of hydrogen-bond donors (Lipinski definition) is 0. The molecule has 1 aromatic rings. The molecule has 0 atom stereocenters. The second-order valence-electron chi connectivity index (χ2n) is 3.27. The van der Waals surface area contributed by atoms with Crippen molar-refractivity contribution in [2.75, 3.05) is 0 Å². The van der Waals surface area contributed by atoms with Crippen LogP contribution in [0.2, 0.25) is 0 Å². The SMILES string of the molecule is C=C(/N=C(/C=C\C)CC)c1ccccc1. The minimum atomic E-state index is 0.825. The van der Waals surface area contributed by atoms with Crippen LogP contribution in [-0.2, 0) is 0 Å². The summed E-state index contributed by atoms with van der Waals surface area (Å²) in [4.78, 5) is 4.49. The summed E-state index contributed by atoms with van der Waals surface area (Å²) in [5.41, 5.74) is 2.96. The van der Waals surface area contributed by atoms with Crippen molar-refractivity contribution in [3.63, 3.8) is 0 Å². The van der Waals surface area contributed by atoms with Gasteiger partial charge in [0.1, 0.15) is 0 Å². The Labute approximate surface area is 91.9 Å². The van der Waals surface area contributed by atoms with E-state index in [4.69, 9.17) is 0 Å². The van der Waals surface area contributed by atoms with E-state index in [0.29, 0.717) is 0 Å². The van der Waals surface area contributed by atoms with Crippen LogP contribution in [0, 0.1) is 0 Å². The lowest BCUT2D eigenvalue weighted by molar-refractivity contribution is 1.28. The molecular weight excluding hydrogens is 182 g/mol. The summed E-state index contributed by atoms with van der Waals surface area (Å²) in [7, 11) is 0. The van der Waals surface area contributed by atoms with Crippen LogP contribution in [0.5, 0.6) is 0 Å². The Morgan fingerprint density at radius 3 is 2.53 bits per heavy atom. The van der Waals surface area contributed by atoms with Crippen molar-refractivity contribution in [2.24, 2.45) is 4.99 Å². The van der Waals surface area contributed by atoms with Crippen molar-refractivity contribution in [1.29, 1.82) is 0 Å². The van der Waals surface area contributed by atoms with Crippen molar-refractivity contribution >= 4 is 11.4 Å². The molecule has 0 aliphatic rings. The van der Waals surface area contributed by atoms with Crippen LogP contribution in [0.4, 0.5) is 0 Å². The molecule has 0 amide bonds. The first-order valence-electron chi connectivity index (χ1n) is 5.22. The predicted octanol–water partition coefficient (Wildman–Crippen LogP) is 4.08. The molecular formula is C14H17N. The first-order valence-corrected chi connectivity index (χ1v) is 5.22. The lowest BCUT2D eigenvalue weighted by Gasteiger charge is -2.01. The number of nitrogens with zero attached hydrogens (tertiary/aromatic N) is 1. The summed E-state index contributed by atoms with van der Waals surface area (Å²) >= 11 is 0. The molecule has 78 valence electrons. The molecule has 0 saturated heterocycles. The van der Waals surface area contributed by atoms with Gasteiger partial charge >= 0.3 is 0 Å². The van der Waals surface area contributed by atoms with Gasteiger partial charge in [-0.2, -0.15) is 0 Å². The summed E-state index contributed by atoms with van der Waals surface area (Å²) in [6, 6.07) is 10.0. The van der Waals surface area contributed by atoms with Crippen LogP contribution in [-0.4, -0.2) is 5.71 Å². The summed E-state index contributed by atoms with van der Waals surface area (Å²) in [6.45, 7) is 8.06. The maximum atomic E-state index is 4.49. The van der Waals surface area contributed by atoms with Gasteiger partial charge in [-0.05, 0) is 25.0 Å². The molecule has 0 N–H and O–H groups in total. The highest BCUT2D eigenvalue weighted by Crippen LogP contribution is 2.13. The van der Waals surface area contributed by atoms with Gasteiger partial charge < -0.3 is 0 Å². The van der Waals surface area contributed by atoms with Crippen LogP contribution in [0.15, 0.2) is 54.1 Å². The third kappa shape index (κ3) is 3.55. The molecule has 0 heterocycles. The van der Waals surface area contributed by atoms with E-state index >= 15 is 0 Å². The fraction of sp³-hybridized carbons (Fsp3) is 0.214. The van der Waals surface area contributed by atoms with E-state index in [2.05, 4.69) is 18.5 Å². The standard InChI is InChI=1S/C14H17N/c1-4-9-14(5-2)15-12(3)13-10-7-6-8-11-13/h4,6-11H,3,5H2,1-2H3/b9-4-,15-14+. The van der Waals surface area contributed by atoms with E-state index < -0.39 is 0 Å². The Morgan fingerprint density at radius 2 is 2.00 bits per heavy atom. The zero-order chi connectivity index (χ0) is 11.1. The minimum Gasteiger partial charge on any atom is -0.253 e. The molecule has 1 nitrogen and oxygen atoms in total. The Kier molecular flexibility index (Phi) is 4.55. The topological polar surface area (TPSA) is 12.4 Å². The third-order valence-electron chi connectivity index (χ3n) is 2.11. The molecule has 1 aromatic carbocycles. The molecule has 0 aromatic heterocycles. The number of rotatable bonds is 4. The average Bonchev–Trinajstić information content (AvgIpc) is 2.29. The normalized spacial score (nSPS) is 12.0. The van der Waals surface area contributed by atoms with Gasteiger partial charge in [0, 0.05) is 5.71 Å². The van der Waals surface area contributed by atoms with E-state index in [1.807, 2.05) is 49.4 Å². The Morgan fingerprint density at radius 1 is 1.33 bits per heavy atom. The molecule has 0 bridgehead atoms. The molecule has 0 saturated carbocycles. The highest BCUT2D eigenvalue weighted by molar-refractivity contribution is 5.98. The van der Waals surface area contributed by atoms with Crippen LogP contribution in [0.1, 0.15) is 25.8 Å². The number of benzene rings is 1. The first-order chi connectivity index (χ1) is 7.27. The van der Waals surface area contributed by atoms with Crippen molar-refractivity contribution in [3.8, 4) is 0 Å². The van der Waals surface area contributed by atoms with Crippen molar-refractivity contribution in [3.05, 3.63) is 54.6 Å². The van der Waals surface area contributed by atoms with Crippen molar-refractivity contribution in [2.45, 2.75) is 20.3 Å². The zero-order valence-corrected chi connectivity index (χ0v) is 9.40. The second-order valence-corrected chi connectivity index (χ2v) is 3.27. The Bertz CT molecular complexity index is 372. The quantitative estimate of drug-likeness (QED) is 0.648. The van der Waals surface area contributed by atoms with Crippen LogP contribution in [0.25, 0.3) is 5.70 Å². The monoisotopic (exact) mass is 199 g/mol. The molecule has 0 fully saturated rings. The third-order valence-corrected chi connectivity index (χ3v) is 2.11. The number of hydrogen-bond acceptors (Lipinski definition) is 1. The average molecular weight is 199 g/mol. The van der Waals surface area contributed by atoms with E-state index in [-0.39, 0.29) is 0 Å². The van der Waals surface area contributed by atoms with Crippen LogP contribution >= 0.6 is 0 Å². The fourth-order valence-corrected chi connectivity index (χ4v) is 1.30. The maximum Gasteiger partial charge on any atom is 0.0633 e. The first kappa shape index (κ1) is 11.4. The van der Waals surface area contributed by atoms with Gasteiger partial charge in [0.2, 0.25) is 0 Å². The second kappa shape index (κ2) is 5.97. The summed E-state index contributed by atoms with van der Waals surface area (Å²) in [5.74, 6) is 0. The number of aliphatic imine (C=N–C) groups is 1. The van der Waals surface area contributed by atoms with Gasteiger partial charge in [0.15, 0.2) is 0 Å². The lowest BCUT2D eigenvalue weighted by Crippen LogP contribution is -1.91. The van der Waals surface area contributed by atoms with Crippen molar-refractivity contribution in [1.82, 2.24) is 0 Å². The number of allylic oxidation sites excluding steroid dienone is 2. The van der Waals surface area contributed by atoms with Crippen LogP contribution in [0.3, 0.4) is 0 Å². The van der Waals surface area contributed by atoms with E-state index in [9.17, 15) is 0 Å². The molecule has 1 heteroatoms. The van der Waals surface area contributed by atoms with Crippen LogP contribution < -0.4 is 0 Å². The smallest absolute Gasteiger partial charge is 0.0633 e. The van der Waals surface area contributed by atoms with Gasteiger partial charge in [0.05, 0.1) is 5.70 Å². The minimum absolute atomic E-state index is 0.825. The van der Waals surface area contributed by atoms with Gasteiger partial charge in [-0.15, -0.1) is 0 Å². The fourth-order valence-electron chi connectivity index (χ4n) is 1.30. The Hall–Kier alpha value is -1.63. The zero-order valence-electron chi connectivity index (χ0n) is 9.40. The van der Waals surface area contributed by atoms with Crippen molar-refractivity contribution < 1.29 is 0 Å². The van der Waals surface area contributed by atoms with E-state index in [0.717, 1.165) is 23.4 Å². The molecule has 0 unspecified atom stereocenters. The molecule has 0 radical (unpaired) electrons. The molecule has 0 spiro atoms. The van der Waals surface area contributed by atoms with Gasteiger partial charge in [0.25, 0.3) is 0 Å². The van der Waals surface area contributed by atoms with E-state index in [1.54, 1.807) is 0 Å². The molecule has 15 heavy (non-hydrogen) atoms. The lowest BCUT2D eigenvalue weighted by atomic mass is 10.2. The summed E-state index contributed by atoms with van der Waals surface area (Å²) < 4.78 is 0. The molecule has 0 aliphatic heterocycles. The largest absolute Gasteiger partial charge is 0.253 e. The summed E-state index contributed by atoms with van der Waals surface area (Å²) in [6.07, 6.45) is 4.95. The predicted molar refractivity (Wildman–Crippen MR) is 68.0 cm³/mol. The molecule has 1 rings (SSSR count). The maximum absolute atomic E-state index is 4.49. The van der Waals surface area contributed by atoms with Gasteiger partial charge in [-0.1, -0.05) is 49.9 Å². The van der Waals surface area contributed by atoms with E-state index in [1.165, 1.54) is 0 Å². The highest BCUT2D eigenvalue weighted by Gasteiger charge is 1.96. The molecule has 0 aliphatic carbocycles. The Balaban J connectivity index is 2.86. The highest BCUT2D eigenvalue weighted by atomic mass is 14.7. The van der Waals surface area contributed by atoms with Gasteiger partial charge in [-0.25, -0.2) is 0 Å².